The highest BCUT2D eigenvalue weighted by molar-refractivity contribution is 5.75. The third-order valence-electron chi connectivity index (χ3n) is 3.18. The van der Waals surface area contributed by atoms with Gasteiger partial charge < -0.3 is 10.3 Å². The molecule has 0 aliphatic rings. The van der Waals surface area contributed by atoms with Crippen LogP contribution in [-0.2, 0) is 6.54 Å². The van der Waals surface area contributed by atoms with Gasteiger partial charge in [-0.3, -0.25) is 0 Å². The van der Waals surface area contributed by atoms with Gasteiger partial charge in [0.05, 0.1) is 17.1 Å². The van der Waals surface area contributed by atoms with Crippen LogP contribution in [0.25, 0.3) is 11.0 Å². The first-order chi connectivity index (χ1) is 8.53. The molecule has 18 heavy (non-hydrogen) atoms. The van der Waals surface area contributed by atoms with Crippen molar-refractivity contribution < 1.29 is 0 Å². The summed E-state index contributed by atoms with van der Waals surface area (Å²) < 4.78 is 2.18. The van der Waals surface area contributed by atoms with Gasteiger partial charge in [0, 0.05) is 6.54 Å². The summed E-state index contributed by atoms with van der Waals surface area (Å²) in [6.07, 6.45) is 1.57. The molecule has 1 atom stereocenters. The summed E-state index contributed by atoms with van der Waals surface area (Å²) in [5.74, 6) is 1.01. The number of nitriles is 1. The summed E-state index contributed by atoms with van der Waals surface area (Å²) in [4.78, 5) is 4.52. The number of hydrogen-bond donors (Lipinski definition) is 1. The predicted octanol–water partition coefficient (Wildman–Crippen LogP) is 2.37. The smallest absolute Gasteiger partial charge is 0.106 e. The quantitative estimate of drug-likeness (QED) is 0.895. The van der Waals surface area contributed by atoms with Gasteiger partial charge in [0.2, 0.25) is 0 Å². The van der Waals surface area contributed by atoms with E-state index in [9.17, 15) is 0 Å². The van der Waals surface area contributed by atoms with Crippen molar-refractivity contribution in [2.45, 2.75) is 38.8 Å². The van der Waals surface area contributed by atoms with Crippen LogP contribution >= 0.6 is 0 Å². The molecule has 0 bridgehead atoms. The molecule has 2 N–H and O–H groups in total. The van der Waals surface area contributed by atoms with Gasteiger partial charge >= 0.3 is 0 Å². The van der Waals surface area contributed by atoms with Crippen LogP contribution in [0, 0.1) is 18.3 Å². The molecule has 1 heterocycles. The van der Waals surface area contributed by atoms with Gasteiger partial charge in [0.15, 0.2) is 0 Å². The summed E-state index contributed by atoms with van der Waals surface area (Å²) >= 11 is 0. The summed E-state index contributed by atoms with van der Waals surface area (Å²) in [5, 5.41) is 8.88. The van der Waals surface area contributed by atoms with Crippen LogP contribution < -0.4 is 5.73 Å². The van der Waals surface area contributed by atoms with Crippen LogP contribution in [0.3, 0.4) is 0 Å². The summed E-state index contributed by atoms with van der Waals surface area (Å²) in [6, 6.07) is 10.2. The molecule has 0 saturated heterocycles. The summed E-state index contributed by atoms with van der Waals surface area (Å²) in [5.41, 5.74) is 7.25. The van der Waals surface area contributed by atoms with Gasteiger partial charge in [-0.1, -0.05) is 12.1 Å². The molecule has 0 saturated carbocycles. The number of nitrogens with zero attached hydrogens (tertiary/aromatic N) is 3. The number of rotatable bonds is 4. The lowest BCUT2D eigenvalue weighted by Crippen LogP contribution is -2.34. The van der Waals surface area contributed by atoms with E-state index in [1.54, 1.807) is 6.92 Å². The molecule has 1 aromatic heterocycles. The Morgan fingerprint density at radius 2 is 2.17 bits per heavy atom. The van der Waals surface area contributed by atoms with Gasteiger partial charge in [-0.2, -0.15) is 5.26 Å². The number of aryl methyl sites for hydroxylation is 2. The SMILES string of the molecule is Cc1nc2ccccc2n1CCCC(C)(N)C#N. The fraction of sp³-hybridized carbons (Fsp3) is 0.429. The number of nitrogens with two attached hydrogens (primary N) is 1. The highest BCUT2D eigenvalue weighted by Crippen LogP contribution is 2.17. The molecule has 1 aromatic carbocycles. The maximum absolute atomic E-state index is 8.88. The highest BCUT2D eigenvalue weighted by Gasteiger charge is 2.16. The molecule has 2 rings (SSSR count). The highest BCUT2D eigenvalue weighted by atomic mass is 15.1. The van der Waals surface area contributed by atoms with E-state index in [0.717, 1.165) is 29.8 Å². The van der Waals surface area contributed by atoms with E-state index in [-0.39, 0.29) is 0 Å². The first-order valence-corrected chi connectivity index (χ1v) is 6.15. The van der Waals surface area contributed by atoms with Crippen molar-refractivity contribution in [2.75, 3.05) is 0 Å². The Balaban J connectivity index is 2.13. The van der Waals surface area contributed by atoms with Crippen LogP contribution in [0.2, 0.25) is 0 Å². The molecule has 0 spiro atoms. The topological polar surface area (TPSA) is 67.6 Å². The van der Waals surface area contributed by atoms with Gasteiger partial charge in [-0.05, 0) is 38.8 Å². The Morgan fingerprint density at radius 1 is 1.44 bits per heavy atom. The molecule has 0 fully saturated rings. The normalized spacial score (nSPS) is 14.3. The number of imidazole rings is 1. The molecular weight excluding hydrogens is 224 g/mol. The fourth-order valence-corrected chi connectivity index (χ4v) is 2.14. The first-order valence-electron chi connectivity index (χ1n) is 6.15. The molecule has 0 aliphatic heterocycles. The Hall–Kier alpha value is -1.86. The second-order valence-corrected chi connectivity index (χ2v) is 4.93. The Morgan fingerprint density at radius 3 is 2.89 bits per heavy atom. The van der Waals surface area contributed by atoms with E-state index in [4.69, 9.17) is 11.0 Å². The molecule has 0 amide bonds. The average Bonchev–Trinajstić information content (AvgIpc) is 2.66. The van der Waals surface area contributed by atoms with Crippen molar-refractivity contribution in [3.05, 3.63) is 30.1 Å². The van der Waals surface area contributed by atoms with E-state index >= 15 is 0 Å². The maximum atomic E-state index is 8.88. The Labute approximate surface area is 107 Å². The number of aromatic nitrogens is 2. The molecule has 0 radical (unpaired) electrons. The zero-order chi connectivity index (χ0) is 13.2. The number of hydrogen-bond acceptors (Lipinski definition) is 3. The summed E-state index contributed by atoms with van der Waals surface area (Å²) in [7, 11) is 0. The van der Waals surface area contributed by atoms with Crippen LogP contribution in [0.5, 0.6) is 0 Å². The third kappa shape index (κ3) is 2.52. The molecule has 94 valence electrons. The van der Waals surface area contributed by atoms with Crippen molar-refractivity contribution in [3.63, 3.8) is 0 Å². The van der Waals surface area contributed by atoms with Crippen molar-refractivity contribution in [3.8, 4) is 6.07 Å². The molecule has 0 aliphatic carbocycles. The van der Waals surface area contributed by atoms with Crippen molar-refractivity contribution >= 4 is 11.0 Å². The molecular formula is C14H18N4. The van der Waals surface area contributed by atoms with Crippen LogP contribution in [0.1, 0.15) is 25.6 Å². The number of fused-ring (bicyclic) bond motifs is 1. The number of benzene rings is 1. The monoisotopic (exact) mass is 242 g/mol. The lowest BCUT2D eigenvalue weighted by atomic mass is 9.99. The van der Waals surface area contributed by atoms with Crippen molar-refractivity contribution in [2.24, 2.45) is 5.73 Å². The van der Waals surface area contributed by atoms with Crippen LogP contribution in [0.15, 0.2) is 24.3 Å². The zero-order valence-corrected chi connectivity index (χ0v) is 10.8. The zero-order valence-electron chi connectivity index (χ0n) is 10.8. The Bertz CT molecular complexity index is 589. The second kappa shape index (κ2) is 4.79. The second-order valence-electron chi connectivity index (χ2n) is 4.93. The molecule has 2 aromatic rings. The van der Waals surface area contributed by atoms with E-state index in [0.29, 0.717) is 6.42 Å². The standard InChI is InChI=1S/C14H18N4/c1-11-17-12-6-3-4-7-13(12)18(11)9-5-8-14(2,16)10-15/h3-4,6-7H,5,8-9,16H2,1-2H3. The van der Waals surface area contributed by atoms with E-state index in [2.05, 4.69) is 21.7 Å². The van der Waals surface area contributed by atoms with E-state index in [1.807, 2.05) is 25.1 Å². The van der Waals surface area contributed by atoms with Crippen molar-refractivity contribution in [1.82, 2.24) is 9.55 Å². The number of para-hydroxylation sites is 2. The minimum atomic E-state index is -0.732. The molecule has 4 heteroatoms. The Kier molecular flexibility index (Phi) is 3.35. The van der Waals surface area contributed by atoms with Gasteiger partial charge in [-0.25, -0.2) is 4.98 Å². The summed E-state index contributed by atoms with van der Waals surface area (Å²) in [6.45, 7) is 4.62. The minimum Gasteiger partial charge on any atom is -0.328 e. The predicted molar refractivity (Wildman–Crippen MR) is 71.9 cm³/mol. The van der Waals surface area contributed by atoms with Crippen LogP contribution in [-0.4, -0.2) is 15.1 Å². The molecule has 1 unspecified atom stereocenters. The first kappa shape index (κ1) is 12.6. The largest absolute Gasteiger partial charge is 0.328 e. The minimum absolute atomic E-state index is 0.690. The van der Waals surface area contributed by atoms with Crippen molar-refractivity contribution in [1.29, 1.82) is 5.26 Å². The van der Waals surface area contributed by atoms with Gasteiger partial charge in [-0.15, -0.1) is 0 Å². The molecule has 4 nitrogen and oxygen atoms in total. The van der Waals surface area contributed by atoms with Gasteiger partial charge in [0.25, 0.3) is 0 Å². The van der Waals surface area contributed by atoms with Gasteiger partial charge in [0.1, 0.15) is 11.4 Å². The van der Waals surface area contributed by atoms with E-state index in [1.165, 1.54) is 0 Å². The lowest BCUT2D eigenvalue weighted by molar-refractivity contribution is 0.489. The average molecular weight is 242 g/mol. The third-order valence-corrected chi connectivity index (χ3v) is 3.18. The lowest BCUT2D eigenvalue weighted by Gasteiger charge is -2.15. The fourth-order valence-electron chi connectivity index (χ4n) is 2.14. The maximum Gasteiger partial charge on any atom is 0.106 e. The van der Waals surface area contributed by atoms with Crippen LogP contribution in [0.4, 0.5) is 0 Å². The van der Waals surface area contributed by atoms with E-state index < -0.39 is 5.54 Å².